The Labute approximate surface area is 117 Å². The Morgan fingerprint density at radius 3 is 2.68 bits per heavy atom. The minimum atomic E-state index is -0.281. The molecule has 1 atom stereocenters. The lowest BCUT2D eigenvalue weighted by molar-refractivity contribution is 0.136. The molecule has 0 bridgehead atoms. The second-order valence-electron chi connectivity index (χ2n) is 5.62. The minimum Gasteiger partial charge on any atom is -0.494 e. The van der Waals surface area contributed by atoms with Crippen LogP contribution in [0.1, 0.15) is 39.7 Å². The van der Waals surface area contributed by atoms with Gasteiger partial charge in [0, 0.05) is 18.0 Å². The topological polar surface area (TPSA) is 41.5 Å². The lowest BCUT2D eigenvalue weighted by Crippen LogP contribution is -2.49. The number of nitrogens with one attached hydrogen (secondary N) is 1. The van der Waals surface area contributed by atoms with Crippen molar-refractivity contribution in [3.63, 3.8) is 0 Å². The zero-order chi connectivity index (χ0) is 14.3. The third-order valence-electron chi connectivity index (χ3n) is 3.22. The van der Waals surface area contributed by atoms with Crippen LogP contribution < -0.4 is 10.1 Å². The molecule has 0 saturated heterocycles. The third kappa shape index (κ3) is 5.62. The molecular formula is C16H27NO2. The highest BCUT2D eigenvalue weighted by Crippen LogP contribution is 2.16. The van der Waals surface area contributed by atoms with E-state index < -0.39 is 0 Å². The summed E-state index contributed by atoms with van der Waals surface area (Å²) in [4.78, 5) is 0. The molecule has 0 radical (unpaired) electrons. The fourth-order valence-electron chi connectivity index (χ4n) is 2.14. The van der Waals surface area contributed by atoms with Crippen molar-refractivity contribution in [3.8, 4) is 5.75 Å². The Morgan fingerprint density at radius 1 is 1.37 bits per heavy atom. The highest BCUT2D eigenvalue weighted by atomic mass is 16.5. The van der Waals surface area contributed by atoms with Gasteiger partial charge >= 0.3 is 0 Å². The predicted molar refractivity (Wildman–Crippen MR) is 79.7 cm³/mol. The SMILES string of the molecule is CCc1cccc(OCCC(C)(CO)NC(C)C)c1. The highest BCUT2D eigenvalue weighted by Gasteiger charge is 2.23. The van der Waals surface area contributed by atoms with Crippen LogP contribution in [0.15, 0.2) is 24.3 Å². The van der Waals surface area contributed by atoms with E-state index in [2.05, 4.69) is 38.2 Å². The number of hydrogen-bond acceptors (Lipinski definition) is 3. The van der Waals surface area contributed by atoms with Gasteiger partial charge in [-0.15, -0.1) is 0 Å². The van der Waals surface area contributed by atoms with Gasteiger partial charge in [-0.2, -0.15) is 0 Å². The van der Waals surface area contributed by atoms with Crippen LogP contribution in [-0.4, -0.2) is 29.9 Å². The molecule has 1 aromatic rings. The molecule has 0 fully saturated rings. The molecule has 0 aliphatic heterocycles. The quantitative estimate of drug-likeness (QED) is 0.759. The maximum absolute atomic E-state index is 9.50. The number of aliphatic hydroxyl groups is 1. The standard InChI is InChI=1S/C16H27NO2/c1-5-14-7-6-8-15(11-14)19-10-9-16(4,12-18)17-13(2)3/h6-8,11,13,17-18H,5,9-10,12H2,1-4H3. The average molecular weight is 265 g/mol. The van der Waals surface area contributed by atoms with Crippen LogP contribution in [0.3, 0.4) is 0 Å². The average Bonchev–Trinajstić information content (AvgIpc) is 2.38. The molecule has 3 nitrogen and oxygen atoms in total. The minimum absolute atomic E-state index is 0.115. The molecular weight excluding hydrogens is 238 g/mol. The van der Waals surface area contributed by atoms with E-state index in [9.17, 15) is 5.11 Å². The lowest BCUT2D eigenvalue weighted by atomic mass is 9.98. The second kappa shape index (κ2) is 7.51. The van der Waals surface area contributed by atoms with Crippen LogP contribution >= 0.6 is 0 Å². The number of benzene rings is 1. The first kappa shape index (κ1) is 16.0. The summed E-state index contributed by atoms with van der Waals surface area (Å²) in [5.41, 5.74) is 0.999. The monoisotopic (exact) mass is 265 g/mol. The number of ether oxygens (including phenoxy) is 1. The van der Waals surface area contributed by atoms with Crippen molar-refractivity contribution in [3.05, 3.63) is 29.8 Å². The Balaban J connectivity index is 2.47. The molecule has 0 saturated carbocycles. The summed E-state index contributed by atoms with van der Waals surface area (Å²) in [5.74, 6) is 0.907. The fourth-order valence-corrected chi connectivity index (χ4v) is 2.14. The highest BCUT2D eigenvalue weighted by molar-refractivity contribution is 5.28. The summed E-state index contributed by atoms with van der Waals surface area (Å²) in [6, 6.07) is 8.52. The summed E-state index contributed by atoms with van der Waals surface area (Å²) in [6.07, 6.45) is 1.79. The normalized spacial score (nSPS) is 14.4. The van der Waals surface area contributed by atoms with Gasteiger partial charge in [-0.05, 0) is 31.0 Å². The van der Waals surface area contributed by atoms with Crippen molar-refractivity contribution in [2.45, 2.75) is 52.1 Å². The third-order valence-corrected chi connectivity index (χ3v) is 3.22. The molecule has 1 aromatic carbocycles. The van der Waals surface area contributed by atoms with Gasteiger partial charge in [0.1, 0.15) is 5.75 Å². The Bertz CT molecular complexity index is 379. The van der Waals surface area contributed by atoms with E-state index in [1.807, 2.05) is 19.1 Å². The van der Waals surface area contributed by atoms with E-state index >= 15 is 0 Å². The number of aryl methyl sites for hydroxylation is 1. The summed E-state index contributed by atoms with van der Waals surface area (Å²) < 4.78 is 5.78. The van der Waals surface area contributed by atoms with Crippen molar-refractivity contribution in [1.29, 1.82) is 0 Å². The molecule has 108 valence electrons. The first-order chi connectivity index (χ1) is 8.99. The van der Waals surface area contributed by atoms with Crippen LogP contribution in [0.5, 0.6) is 5.75 Å². The molecule has 19 heavy (non-hydrogen) atoms. The zero-order valence-electron chi connectivity index (χ0n) is 12.6. The van der Waals surface area contributed by atoms with Gasteiger partial charge in [0.2, 0.25) is 0 Å². The van der Waals surface area contributed by atoms with Gasteiger partial charge in [-0.25, -0.2) is 0 Å². The van der Waals surface area contributed by atoms with E-state index in [1.54, 1.807) is 0 Å². The number of rotatable bonds is 8. The van der Waals surface area contributed by atoms with E-state index in [4.69, 9.17) is 4.74 Å². The smallest absolute Gasteiger partial charge is 0.119 e. The van der Waals surface area contributed by atoms with E-state index in [-0.39, 0.29) is 12.1 Å². The molecule has 0 heterocycles. The molecule has 1 rings (SSSR count). The van der Waals surface area contributed by atoms with E-state index in [1.165, 1.54) is 5.56 Å². The molecule has 0 spiro atoms. The maximum atomic E-state index is 9.50. The van der Waals surface area contributed by atoms with Gasteiger partial charge in [-0.1, -0.05) is 32.9 Å². The van der Waals surface area contributed by atoms with Crippen LogP contribution in [0.25, 0.3) is 0 Å². The molecule has 0 aliphatic carbocycles. The van der Waals surface area contributed by atoms with Gasteiger partial charge in [0.15, 0.2) is 0 Å². The first-order valence-corrected chi connectivity index (χ1v) is 7.09. The van der Waals surface area contributed by atoms with Crippen LogP contribution in [0, 0.1) is 0 Å². The molecule has 0 aliphatic rings. The zero-order valence-corrected chi connectivity index (χ0v) is 12.6. The molecule has 3 heteroatoms. The summed E-state index contributed by atoms with van der Waals surface area (Å²) in [7, 11) is 0. The molecule has 0 amide bonds. The number of aliphatic hydroxyl groups excluding tert-OH is 1. The molecule has 0 aromatic heterocycles. The first-order valence-electron chi connectivity index (χ1n) is 7.09. The van der Waals surface area contributed by atoms with E-state index in [0.29, 0.717) is 12.6 Å². The maximum Gasteiger partial charge on any atom is 0.119 e. The second-order valence-corrected chi connectivity index (χ2v) is 5.62. The fraction of sp³-hybridized carbons (Fsp3) is 0.625. The molecule has 2 N–H and O–H groups in total. The Kier molecular flexibility index (Phi) is 6.32. The van der Waals surface area contributed by atoms with Crippen molar-refractivity contribution in [2.75, 3.05) is 13.2 Å². The largest absolute Gasteiger partial charge is 0.494 e. The van der Waals surface area contributed by atoms with Gasteiger partial charge in [0.05, 0.1) is 13.2 Å². The molecule has 1 unspecified atom stereocenters. The van der Waals surface area contributed by atoms with Gasteiger partial charge in [0.25, 0.3) is 0 Å². The summed E-state index contributed by atoms with van der Waals surface area (Å²) in [6.45, 7) is 9.04. The summed E-state index contributed by atoms with van der Waals surface area (Å²) >= 11 is 0. The van der Waals surface area contributed by atoms with Crippen molar-refractivity contribution < 1.29 is 9.84 Å². The predicted octanol–water partition coefficient (Wildman–Crippen LogP) is 2.77. The van der Waals surface area contributed by atoms with Gasteiger partial charge in [-0.3, -0.25) is 0 Å². The van der Waals surface area contributed by atoms with Crippen molar-refractivity contribution >= 4 is 0 Å². The van der Waals surface area contributed by atoms with Crippen LogP contribution in [0.2, 0.25) is 0 Å². The van der Waals surface area contributed by atoms with Crippen LogP contribution in [0.4, 0.5) is 0 Å². The van der Waals surface area contributed by atoms with Crippen LogP contribution in [-0.2, 0) is 6.42 Å². The number of hydrogen-bond donors (Lipinski definition) is 2. The lowest BCUT2D eigenvalue weighted by Gasteiger charge is -2.31. The van der Waals surface area contributed by atoms with Crippen molar-refractivity contribution in [1.82, 2.24) is 5.32 Å². The Morgan fingerprint density at radius 2 is 2.11 bits per heavy atom. The van der Waals surface area contributed by atoms with Crippen molar-refractivity contribution in [2.24, 2.45) is 0 Å². The van der Waals surface area contributed by atoms with Gasteiger partial charge < -0.3 is 15.2 Å². The summed E-state index contributed by atoms with van der Waals surface area (Å²) in [5, 5.41) is 12.9. The van der Waals surface area contributed by atoms with E-state index in [0.717, 1.165) is 18.6 Å². The Hall–Kier alpha value is -1.06.